The van der Waals surface area contributed by atoms with Gasteiger partial charge in [0.05, 0.1) is 24.7 Å². The third kappa shape index (κ3) is 1.65. The van der Waals surface area contributed by atoms with Crippen LogP contribution in [0.3, 0.4) is 0 Å². The third-order valence-corrected chi connectivity index (χ3v) is 4.74. The molecule has 3 nitrogen and oxygen atoms in total. The number of likely N-dealkylation sites (tertiary alicyclic amines) is 1. The van der Waals surface area contributed by atoms with Crippen LogP contribution in [0.2, 0.25) is 0 Å². The summed E-state index contributed by atoms with van der Waals surface area (Å²) >= 11 is 0. The average Bonchev–Trinajstić information content (AvgIpc) is 2.19. The van der Waals surface area contributed by atoms with Gasteiger partial charge in [-0.25, -0.2) is 0 Å². The molecule has 0 aromatic heterocycles. The number of nitriles is 1. The predicted molar refractivity (Wildman–Crippen MR) is 62.9 cm³/mol. The van der Waals surface area contributed by atoms with Crippen LogP contribution in [0.1, 0.15) is 26.7 Å². The Bertz CT molecular complexity index is 294. The lowest BCUT2D eigenvalue weighted by Gasteiger charge is -2.55. The van der Waals surface area contributed by atoms with Crippen LogP contribution < -0.4 is 0 Å². The maximum absolute atomic E-state index is 9.36. The van der Waals surface area contributed by atoms with E-state index in [4.69, 9.17) is 4.74 Å². The Morgan fingerprint density at radius 2 is 1.88 bits per heavy atom. The van der Waals surface area contributed by atoms with Crippen molar-refractivity contribution in [2.75, 3.05) is 33.4 Å². The first kappa shape index (κ1) is 11.9. The normalized spacial score (nSPS) is 27.1. The second-order valence-corrected chi connectivity index (χ2v) is 5.96. The highest BCUT2D eigenvalue weighted by molar-refractivity contribution is 5.11. The van der Waals surface area contributed by atoms with Gasteiger partial charge in [-0.2, -0.15) is 5.26 Å². The van der Waals surface area contributed by atoms with Crippen LogP contribution in [0.4, 0.5) is 0 Å². The van der Waals surface area contributed by atoms with E-state index in [1.54, 1.807) is 0 Å². The van der Waals surface area contributed by atoms with E-state index in [-0.39, 0.29) is 10.8 Å². The van der Waals surface area contributed by atoms with Crippen LogP contribution in [-0.4, -0.2) is 38.3 Å². The van der Waals surface area contributed by atoms with Gasteiger partial charge in [-0.15, -0.1) is 0 Å². The summed E-state index contributed by atoms with van der Waals surface area (Å²) in [5, 5.41) is 9.36. The summed E-state index contributed by atoms with van der Waals surface area (Å²) in [5.41, 5.74) is -0.144. The van der Waals surface area contributed by atoms with Crippen LogP contribution in [0, 0.1) is 28.1 Å². The highest BCUT2D eigenvalue weighted by Crippen LogP contribution is 2.53. The lowest BCUT2D eigenvalue weighted by Crippen LogP contribution is -2.59. The van der Waals surface area contributed by atoms with Gasteiger partial charge in [0.25, 0.3) is 0 Å². The van der Waals surface area contributed by atoms with Crippen molar-refractivity contribution < 1.29 is 4.74 Å². The van der Waals surface area contributed by atoms with Crippen LogP contribution >= 0.6 is 0 Å². The number of hydrogen-bond acceptors (Lipinski definition) is 3. The third-order valence-electron chi connectivity index (χ3n) is 4.74. The van der Waals surface area contributed by atoms with Gasteiger partial charge in [0.1, 0.15) is 0 Å². The predicted octanol–water partition coefficient (Wildman–Crippen LogP) is 1.89. The first-order valence-electron chi connectivity index (χ1n) is 6.19. The Morgan fingerprint density at radius 3 is 2.25 bits per heavy atom. The highest BCUT2D eigenvalue weighted by Gasteiger charge is 2.56. The van der Waals surface area contributed by atoms with E-state index in [1.165, 1.54) is 12.8 Å². The molecular formula is C13H22N2O. The van der Waals surface area contributed by atoms with Crippen LogP contribution in [-0.2, 0) is 4.74 Å². The summed E-state index contributed by atoms with van der Waals surface area (Å²) in [6.07, 6.45) is 2.43. The van der Waals surface area contributed by atoms with Crippen molar-refractivity contribution in [1.29, 1.82) is 5.26 Å². The number of nitrogens with zero attached hydrogens (tertiary/aromatic N) is 2. The summed E-state index contributed by atoms with van der Waals surface area (Å²) in [4.78, 5) is 2.38. The van der Waals surface area contributed by atoms with Crippen LogP contribution in [0.5, 0.6) is 0 Å². The Labute approximate surface area is 98.4 Å². The molecule has 0 atom stereocenters. The van der Waals surface area contributed by atoms with Gasteiger partial charge in [0.15, 0.2) is 0 Å². The van der Waals surface area contributed by atoms with E-state index in [0.717, 1.165) is 26.3 Å². The van der Waals surface area contributed by atoms with Crippen molar-refractivity contribution in [2.45, 2.75) is 26.7 Å². The summed E-state index contributed by atoms with van der Waals surface area (Å²) in [7, 11) is 2.18. The van der Waals surface area contributed by atoms with E-state index in [1.807, 2.05) is 0 Å². The Kier molecular flexibility index (Phi) is 2.98. The molecule has 0 spiro atoms. The Hall–Kier alpha value is -0.590. The Morgan fingerprint density at radius 1 is 1.31 bits per heavy atom. The van der Waals surface area contributed by atoms with Crippen molar-refractivity contribution in [2.24, 2.45) is 16.7 Å². The standard InChI is InChI=1S/C13H22N2O/c1-12(2,8-14)13(9-16-10-13)11-4-6-15(3)7-5-11/h11H,4-7,9-10H2,1-3H3. The minimum Gasteiger partial charge on any atom is -0.380 e. The second kappa shape index (κ2) is 4.01. The topological polar surface area (TPSA) is 36.3 Å². The highest BCUT2D eigenvalue weighted by atomic mass is 16.5. The molecule has 0 unspecified atom stereocenters. The molecule has 2 aliphatic rings. The molecule has 0 saturated carbocycles. The van der Waals surface area contributed by atoms with Crippen molar-refractivity contribution in [3.63, 3.8) is 0 Å². The molecule has 0 aliphatic carbocycles. The molecule has 2 heterocycles. The molecule has 2 saturated heterocycles. The minimum atomic E-state index is -0.258. The number of ether oxygens (including phenoxy) is 1. The molecule has 2 aliphatic heterocycles. The monoisotopic (exact) mass is 222 g/mol. The SMILES string of the molecule is CN1CCC(C2(C(C)(C)C#N)COC2)CC1. The first-order chi connectivity index (χ1) is 7.52. The van der Waals surface area contributed by atoms with Crippen LogP contribution in [0.15, 0.2) is 0 Å². The molecule has 0 aromatic carbocycles. The van der Waals surface area contributed by atoms with Gasteiger partial charge >= 0.3 is 0 Å². The van der Waals surface area contributed by atoms with Crippen molar-refractivity contribution >= 4 is 0 Å². The van der Waals surface area contributed by atoms with E-state index in [9.17, 15) is 5.26 Å². The molecule has 0 bridgehead atoms. The van der Waals surface area contributed by atoms with Crippen molar-refractivity contribution in [3.05, 3.63) is 0 Å². The summed E-state index contributed by atoms with van der Waals surface area (Å²) in [6, 6.07) is 2.50. The van der Waals surface area contributed by atoms with Gasteiger partial charge in [-0.3, -0.25) is 0 Å². The van der Waals surface area contributed by atoms with Crippen molar-refractivity contribution in [1.82, 2.24) is 4.90 Å². The van der Waals surface area contributed by atoms with Crippen LogP contribution in [0.25, 0.3) is 0 Å². The molecule has 0 N–H and O–H groups in total. The molecule has 0 amide bonds. The van der Waals surface area contributed by atoms with E-state index in [0.29, 0.717) is 5.92 Å². The largest absolute Gasteiger partial charge is 0.380 e. The van der Waals surface area contributed by atoms with Gasteiger partial charge in [0, 0.05) is 5.41 Å². The zero-order chi connectivity index (χ0) is 11.8. The second-order valence-electron chi connectivity index (χ2n) is 5.96. The maximum atomic E-state index is 9.36. The Balaban J connectivity index is 2.14. The fraction of sp³-hybridized carbons (Fsp3) is 0.923. The fourth-order valence-electron chi connectivity index (χ4n) is 3.10. The minimum absolute atomic E-state index is 0.114. The molecule has 16 heavy (non-hydrogen) atoms. The van der Waals surface area contributed by atoms with E-state index < -0.39 is 0 Å². The summed E-state index contributed by atoms with van der Waals surface area (Å²) in [6.45, 7) is 8.04. The summed E-state index contributed by atoms with van der Waals surface area (Å²) < 4.78 is 5.44. The zero-order valence-corrected chi connectivity index (χ0v) is 10.6. The van der Waals surface area contributed by atoms with Gasteiger partial charge in [-0.1, -0.05) is 0 Å². The molecule has 0 aromatic rings. The van der Waals surface area contributed by atoms with Crippen molar-refractivity contribution in [3.8, 4) is 6.07 Å². The van der Waals surface area contributed by atoms with Gasteiger partial charge in [0.2, 0.25) is 0 Å². The quantitative estimate of drug-likeness (QED) is 0.716. The molecule has 2 fully saturated rings. The van der Waals surface area contributed by atoms with Gasteiger partial charge in [-0.05, 0) is 52.7 Å². The number of rotatable bonds is 2. The smallest absolute Gasteiger partial charge is 0.0691 e. The fourth-order valence-corrected chi connectivity index (χ4v) is 3.10. The molecule has 2 rings (SSSR count). The molecular weight excluding hydrogens is 200 g/mol. The summed E-state index contributed by atoms with van der Waals surface area (Å²) in [5.74, 6) is 0.659. The van der Waals surface area contributed by atoms with E-state index >= 15 is 0 Å². The molecule has 3 heteroatoms. The maximum Gasteiger partial charge on any atom is 0.0691 e. The molecule has 0 radical (unpaired) electrons. The number of piperidine rings is 1. The zero-order valence-electron chi connectivity index (χ0n) is 10.6. The first-order valence-corrected chi connectivity index (χ1v) is 6.19. The average molecular weight is 222 g/mol. The van der Waals surface area contributed by atoms with Gasteiger partial charge < -0.3 is 9.64 Å². The lowest BCUT2D eigenvalue weighted by atomic mass is 9.56. The number of hydrogen-bond donors (Lipinski definition) is 0. The molecule has 90 valence electrons. The lowest BCUT2D eigenvalue weighted by molar-refractivity contribution is -0.198. The van der Waals surface area contributed by atoms with E-state index in [2.05, 4.69) is 31.9 Å².